The van der Waals surface area contributed by atoms with Crippen LogP contribution in [0, 0.1) is 5.82 Å². The highest BCUT2D eigenvalue weighted by Crippen LogP contribution is 2.26. The second kappa shape index (κ2) is 8.31. The van der Waals surface area contributed by atoms with Crippen molar-refractivity contribution < 1.29 is 23.3 Å². The molecule has 0 fully saturated rings. The van der Waals surface area contributed by atoms with E-state index in [1.807, 2.05) is 6.92 Å². The van der Waals surface area contributed by atoms with E-state index in [2.05, 4.69) is 15.6 Å². The molecule has 0 spiro atoms. The van der Waals surface area contributed by atoms with E-state index in [1.54, 1.807) is 30.3 Å². The number of rotatable bonds is 7. The van der Waals surface area contributed by atoms with Crippen molar-refractivity contribution in [2.24, 2.45) is 0 Å². The number of aromatic nitrogens is 2. The number of halogens is 1. The summed E-state index contributed by atoms with van der Waals surface area (Å²) in [6.07, 6.45) is -0.952. The molecule has 0 radical (unpaired) electrons. The van der Waals surface area contributed by atoms with Crippen molar-refractivity contribution in [1.82, 2.24) is 10.3 Å². The van der Waals surface area contributed by atoms with Crippen LogP contribution < -0.4 is 14.8 Å². The van der Waals surface area contributed by atoms with Gasteiger partial charge in [-0.2, -0.15) is 0 Å². The Morgan fingerprint density at radius 1 is 1.19 bits per heavy atom. The Balaban J connectivity index is 1.70. The normalized spacial score (nSPS) is 11.7. The van der Waals surface area contributed by atoms with Crippen LogP contribution >= 0.6 is 0 Å². The minimum absolute atomic E-state index is 0.00911. The number of carbonyl (C=O) groups excluding carboxylic acids is 1. The maximum atomic E-state index is 13.7. The van der Waals surface area contributed by atoms with Gasteiger partial charge < -0.3 is 14.8 Å². The molecule has 2 aromatic carbocycles. The molecular formula is C19H18FN3O4. The van der Waals surface area contributed by atoms with Gasteiger partial charge in [-0.1, -0.05) is 12.1 Å². The minimum atomic E-state index is -0.952. The maximum absolute atomic E-state index is 13.7. The lowest BCUT2D eigenvalue weighted by Crippen LogP contribution is -2.30. The molecule has 1 heterocycles. The Bertz CT molecular complexity index is 911. The largest absolute Gasteiger partial charge is 0.494 e. The van der Waals surface area contributed by atoms with Crippen LogP contribution in [0.15, 0.2) is 53.2 Å². The molecule has 1 atom stereocenters. The van der Waals surface area contributed by atoms with Crippen molar-refractivity contribution in [3.63, 3.8) is 0 Å². The van der Waals surface area contributed by atoms with E-state index in [0.717, 1.165) is 5.75 Å². The van der Waals surface area contributed by atoms with E-state index in [4.69, 9.17) is 14.1 Å². The molecule has 0 aliphatic heterocycles. The fraction of sp³-hybridized carbons (Fsp3) is 0.211. The number of nitrogens with zero attached hydrogens (tertiary/aromatic N) is 2. The second-order valence-corrected chi connectivity index (χ2v) is 5.60. The molecule has 27 heavy (non-hydrogen) atoms. The Labute approximate surface area is 155 Å². The van der Waals surface area contributed by atoms with Crippen molar-refractivity contribution in [3.05, 3.63) is 54.3 Å². The molecule has 7 nitrogen and oxygen atoms in total. The summed E-state index contributed by atoms with van der Waals surface area (Å²) in [5.74, 6) is -0.204. The van der Waals surface area contributed by atoms with Crippen LogP contribution in [0.1, 0.15) is 13.8 Å². The summed E-state index contributed by atoms with van der Waals surface area (Å²) in [7, 11) is 0. The fourth-order valence-corrected chi connectivity index (χ4v) is 2.34. The number of benzene rings is 2. The van der Waals surface area contributed by atoms with Crippen molar-refractivity contribution in [3.8, 4) is 22.8 Å². The van der Waals surface area contributed by atoms with Crippen LogP contribution in [-0.2, 0) is 4.79 Å². The smallest absolute Gasteiger partial charge is 0.266 e. The fourth-order valence-electron chi connectivity index (χ4n) is 2.34. The summed E-state index contributed by atoms with van der Waals surface area (Å²) in [6.45, 7) is 3.96. The molecule has 0 aliphatic rings. The number of hydrogen-bond acceptors (Lipinski definition) is 6. The Hall–Kier alpha value is -3.42. The molecule has 8 heteroatoms. The first kappa shape index (κ1) is 18.4. The lowest BCUT2D eigenvalue weighted by atomic mass is 10.1. The van der Waals surface area contributed by atoms with Crippen molar-refractivity contribution >= 4 is 11.7 Å². The average molecular weight is 371 g/mol. The summed E-state index contributed by atoms with van der Waals surface area (Å²) in [4.78, 5) is 12.4. The van der Waals surface area contributed by atoms with Gasteiger partial charge >= 0.3 is 0 Å². The highest BCUT2D eigenvalue weighted by Gasteiger charge is 2.21. The quantitative estimate of drug-likeness (QED) is 0.682. The molecule has 0 saturated heterocycles. The van der Waals surface area contributed by atoms with E-state index in [1.165, 1.54) is 25.1 Å². The number of anilines is 1. The first-order chi connectivity index (χ1) is 13.1. The standard InChI is InChI=1S/C19H18FN3O4/c1-3-25-14-10-8-13(9-11-14)17-18(23-27-22-17)21-19(24)12(2)26-16-7-5-4-6-15(16)20/h4-12H,3H2,1-2H3,(H,21,23,24). The third-order valence-corrected chi connectivity index (χ3v) is 3.68. The zero-order valence-corrected chi connectivity index (χ0v) is 14.8. The number of para-hydroxylation sites is 1. The third-order valence-electron chi connectivity index (χ3n) is 3.68. The van der Waals surface area contributed by atoms with Crippen LogP contribution in [0.4, 0.5) is 10.2 Å². The van der Waals surface area contributed by atoms with Gasteiger partial charge in [0.05, 0.1) is 6.61 Å². The second-order valence-electron chi connectivity index (χ2n) is 5.60. The molecule has 0 aliphatic carbocycles. The number of hydrogen-bond donors (Lipinski definition) is 1. The summed E-state index contributed by atoms with van der Waals surface area (Å²) < 4.78 is 29.2. The Morgan fingerprint density at radius 3 is 2.63 bits per heavy atom. The van der Waals surface area contributed by atoms with Crippen molar-refractivity contribution in [2.45, 2.75) is 20.0 Å². The Kier molecular flexibility index (Phi) is 5.65. The van der Waals surface area contributed by atoms with Crippen LogP contribution in [0.5, 0.6) is 11.5 Å². The maximum Gasteiger partial charge on any atom is 0.266 e. The lowest BCUT2D eigenvalue weighted by Gasteiger charge is -2.14. The molecular weight excluding hydrogens is 353 g/mol. The van der Waals surface area contributed by atoms with Crippen molar-refractivity contribution in [2.75, 3.05) is 11.9 Å². The molecule has 0 bridgehead atoms. The van der Waals surface area contributed by atoms with E-state index >= 15 is 0 Å². The molecule has 1 amide bonds. The van der Waals surface area contributed by atoms with Gasteiger partial charge in [-0.05, 0) is 60.6 Å². The lowest BCUT2D eigenvalue weighted by molar-refractivity contribution is -0.122. The zero-order valence-electron chi connectivity index (χ0n) is 14.8. The number of nitrogens with one attached hydrogen (secondary N) is 1. The van der Waals surface area contributed by atoms with Gasteiger partial charge in [-0.3, -0.25) is 4.79 Å². The summed E-state index contributed by atoms with van der Waals surface area (Å²) in [5.41, 5.74) is 1.06. The van der Waals surface area contributed by atoms with E-state index < -0.39 is 17.8 Å². The predicted octanol–water partition coefficient (Wildman–Crippen LogP) is 3.68. The highest BCUT2D eigenvalue weighted by molar-refractivity contribution is 5.95. The van der Waals surface area contributed by atoms with Crippen molar-refractivity contribution in [1.29, 1.82) is 0 Å². The molecule has 1 aromatic heterocycles. The molecule has 1 unspecified atom stereocenters. The van der Waals surface area contributed by atoms with Crippen LogP contribution in [-0.4, -0.2) is 28.9 Å². The molecule has 3 aromatic rings. The Morgan fingerprint density at radius 2 is 1.93 bits per heavy atom. The van der Waals surface area contributed by atoms with Crippen LogP contribution in [0.3, 0.4) is 0 Å². The van der Waals surface area contributed by atoms with Gasteiger partial charge in [0, 0.05) is 5.56 Å². The van der Waals surface area contributed by atoms with E-state index in [0.29, 0.717) is 17.9 Å². The predicted molar refractivity (Wildman–Crippen MR) is 96.0 cm³/mol. The first-order valence-corrected chi connectivity index (χ1v) is 8.36. The van der Waals surface area contributed by atoms with Crippen LogP contribution in [0.25, 0.3) is 11.3 Å². The minimum Gasteiger partial charge on any atom is -0.494 e. The SMILES string of the molecule is CCOc1ccc(-c2nonc2NC(=O)C(C)Oc2ccccc2F)cc1. The zero-order chi connectivity index (χ0) is 19.2. The molecule has 140 valence electrons. The van der Waals surface area contributed by atoms with Gasteiger partial charge in [-0.25, -0.2) is 9.02 Å². The van der Waals surface area contributed by atoms with Crippen LogP contribution in [0.2, 0.25) is 0 Å². The van der Waals surface area contributed by atoms with E-state index in [9.17, 15) is 9.18 Å². The number of amides is 1. The summed E-state index contributed by atoms with van der Waals surface area (Å²) in [6, 6.07) is 13.0. The van der Waals surface area contributed by atoms with Gasteiger partial charge in [0.1, 0.15) is 5.75 Å². The van der Waals surface area contributed by atoms with Gasteiger partial charge in [0.2, 0.25) is 5.82 Å². The number of carbonyl (C=O) groups is 1. The molecule has 0 saturated carbocycles. The highest BCUT2D eigenvalue weighted by atomic mass is 19.1. The summed E-state index contributed by atoms with van der Waals surface area (Å²) in [5, 5.41) is 10.1. The topological polar surface area (TPSA) is 86.5 Å². The van der Waals surface area contributed by atoms with Gasteiger partial charge in [0.25, 0.3) is 5.91 Å². The number of ether oxygens (including phenoxy) is 2. The monoisotopic (exact) mass is 371 g/mol. The van der Waals surface area contributed by atoms with E-state index in [-0.39, 0.29) is 11.6 Å². The first-order valence-electron chi connectivity index (χ1n) is 8.36. The van der Waals surface area contributed by atoms with Gasteiger partial charge in [0.15, 0.2) is 23.4 Å². The third kappa shape index (κ3) is 4.41. The molecule has 1 N–H and O–H groups in total. The summed E-state index contributed by atoms with van der Waals surface area (Å²) >= 11 is 0. The van der Waals surface area contributed by atoms with Gasteiger partial charge in [-0.15, -0.1) is 0 Å². The molecule has 3 rings (SSSR count). The average Bonchev–Trinajstić information content (AvgIpc) is 3.12.